The number of thiocarbonyl (C=S) groups is 1. The molecule has 0 aliphatic heterocycles. The zero-order valence-corrected chi connectivity index (χ0v) is 19.0. The van der Waals surface area contributed by atoms with Gasteiger partial charge in [0.15, 0.2) is 5.11 Å². The molecule has 0 radical (unpaired) electrons. The average molecular weight is 460 g/mol. The highest BCUT2D eigenvalue weighted by atomic mass is 32.1. The Morgan fingerprint density at radius 2 is 1.61 bits per heavy atom. The van der Waals surface area contributed by atoms with Gasteiger partial charge in [0.1, 0.15) is 5.75 Å². The van der Waals surface area contributed by atoms with Gasteiger partial charge in [-0.25, -0.2) is 0 Å². The van der Waals surface area contributed by atoms with E-state index in [-0.39, 0.29) is 16.9 Å². The highest BCUT2D eigenvalue weighted by molar-refractivity contribution is 7.80. The lowest BCUT2D eigenvalue weighted by molar-refractivity contribution is -0.116. The number of carbonyl (C=O) groups excluding carboxylic acids is 2. The fraction of sp³-hybridized carbons (Fsp3) is 0.115. The zero-order chi connectivity index (χ0) is 23.5. The summed E-state index contributed by atoms with van der Waals surface area (Å²) in [7, 11) is 1.58. The molecule has 0 spiro atoms. The molecule has 0 bridgehead atoms. The molecule has 2 amide bonds. The maximum atomic E-state index is 12.3. The smallest absolute Gasteiger partial charge is 0.250 e. The molecule has 0 atom stereocenters. The Bertz CT molecular complexity index is 1150. The molecule has 0 aliphatic carbocycles. The van der Waals surface area contributed by atoms with E-state index in [9.17, 15) is 9.59 Å². The summed E-state index contributed by atoms with van der Waals surface area (Å²) in [5.41, 5.74) is 3.19. The van der Waals surface area contributed by atoms with Crippen LogP contribution in [0.25, 0.3) is 6.08 Å². The predicted molar refractivity (Wildman–Crippen MR) is 136 cm³/mol. The molecular weight excluding hydrogens is 434 g/mol. The van der Waals surface area contributed by atoms with Gasteiger partial charge in [-0.05, 0) is 54.5 Å². The van der Waals surface area contributed by atoms with Gasteiger partial charge in [0.25, 0.3) is 0 Å². The molecule has 0 fully saturated rings. The minimum atomic E-state index is -0.372. The van der Waals surface area contributed by atoms with E-state index in [4.69, 9.17) is 17.0 Å². The molecular formula is C26H25N3O3S. The van der Waals surface area contributed by atoms with Crippen molar-refractivity contribution in [2.75, 3.05) is 17.7 Å². The number of carbonyl (C=O) groups is 2. The first-order chi connectivity index (χ1) is 16.0. The van der Waals surface area contributed by atoms with Crippen LogP contribution in [0.3, 0.4) is 0 Å². The average Bonchev–Trinajstić information content (AvgIpc) is 2.82. The fourth-order valence-electron chi connectivity index (χ4n) is 3.09. The first kappa shape index (κ1) is 23.7. The summed E-state index contributed by atoms with van der Waals surface area (Å²) in [6.45, 7) is 0. The second-order valence-corrected chi connectivity index (χ2v) is 7.54. The second-order valence-electron chi connectivity index (χ2n) is 7.13. The molecule has 7 heteroatoms. The Morgan fingerprint density at radius 1 is 0.909 bits per heavy atom. The second kappa shape index (κ2) is 12.2. The number of ether oxygens (including phenoxy) is 1. The maximum Gasteiger partial charge on any atom is 0.250 e. The third kappa shape index (κ3) is 7.90. The van der Waals surface area contributed by atoms with Gasteiger partial charge >= 0.3 is 0 Å². The maximum absolute atomic E-state index is 12.3. The summed E-state index contributed by atoms with van der Waals surface area (Å²) in [5.74, 6) is 0.224. The summed E-state index contributed by atoms with van der Waals surface area (Å²) in [5, 5.41) is 8.59. The molecule has 3 N–H and O–H groups in total. The quantitative estimate of drug-likeness (QED) is 0.333. The molecule has 0 saturated heterocycles. The van der Waals surface area contributed by atoms with E-state index in [1.54, 1.807) is 37.5 Å². The van der Waals surface area contributed by atoms with Crippen molar-refractivity contribution in [3.05, 3.63) is 96.1 Å². The molecule has 3 rings (SSSR count). The fourth-order valence-corrected chi connectivity index (χ4v) is 3.30. The van der Waals surface area contributed by atoms with E-state index in [1.807, 2.05) is 54.6 Å². The highest BCUT2D eigenvalue weighted by Gasteiger charge is 2.06. The van der Waals surface area contributed by atoms with Crippen LogP contribution in [0.2, 0.25) is 0 Å². The Balaban J connectivity index is 1.49. The van der Waals surface area contributed by atoms with E-state index in [0.717, 1.165) is 11.1 Å². The van der Waals surface area contributed by atoms with Gasteiger partial charge in [0.05, 0.1) is 7.11 Å². The number of methoxy groups -OCH3 is 1. The van der Waals surface area contributed by atoms with Crippen LogP contribution >= 0.6 is 12.2 Å². The largest absolute Gasteiger partial charge is 0.496 e. The van der Waals surface area contributed by atoms with Crippen LogP contribution < -0.4 is 20.7 Å². The minimum absolute atomic E-state index is 0.0756. The van der Waals surface area contributed by atoms with Crippen LogP contribution in [0.15, 0.2) is 84.9 Å². The molecule has 6 nitrogen and oxygen atoms in total. The lowest BCUT2D eigenvalue weighted by atomic mass is 10.1. The summed E-state index contributed by atoms with van der Waals surface area (Å²) in [6.07, 6.45) is 4.09. The Labute approximate surface area is 198 Å². The lowest BCUT2D eigenvalue weighted by Crippen LogP contribution is -2.32. The minimum Gasteiger partial charge on any atom is -0.496 e. The number of amides is 2. The Morgan fingerprint density at radius 3 is 2.36 bits per heavy atom. The number of para-hydroxylation sites is 1. The third-order valence-corrected chi connectivity index (χ3v) is 4.88. The van der Waals surface area contributed by atoms with Gasteiger partial charge in [0.2, 0.25) is 11.8 Å². The standard InChI is InChI=1S/C26H25N3O3S/c1-32-23-13-6-5-10-20(23)15-17-25(31)29-26(33)28-22-12-7-11-21(18-22)27-24(30)16-14-19-8-3-2-4-9-19/h2-13,15,17-18H,14,16H2,1H3,(H,27,30)(H2,28,29,31,33)/b17-15+. The van der Waals surface area contributed by atoms with Crippen LogP contribution in [-0.2, 0) is 16.0 Å². The third-order valence-electron chi connectivity index (χ3n) is 4.68. The molecule has 3 aromatic rings. The van der Waals surface area contributed by atoms with Crippen molar-refractivity contribution >= 4 is 46.6 Å². The summed E-state index contributed by atoms with van der Waals surface area (Å²) >= 11 is 5.23. The SMILES string of the molecule is COc1ccccc1/C=C/C(=O)NC(=S)Nc1cccc(NC(=O)CCc2ccccc2)c1. The summed E-state index contributed by atoms with van der Waals surface area (Å²) in [6, 6.07) is 24.4. The van der Waals surface area contributed by atoms with Crippen LogP contribution in [0, 0.1) is 0 Å². The van der Waals surface area contributed by atoms with Gasteiger partial charge in [-0.2, -0.15) is 0 Å². The first-order valence-corrected chi connectivity index (χ1v) is 10.8. The first-order valence-electron chi connectivity index (χ1n) is 10.4. The number of anilines is 2. The topological polar surface area (TPSA) is 79.5 Å². The van der Waals surface area contributed by atoms with Gasteiger partial charge < -0.3 is 15.4 Å². The summed E-state index contributed by atoms with van der Waals surface area (Å²) in [4.78, 5) is 24.5. The van der Waals surface area contributed by atoms with Crippen molar-refractivity contribution in [2.45, 2.75) is 12.8 Å². The van der Waals surface area contributed by atoms with Crippen molar-refractivity contribution in [1.82, 2.24) is 5.32 Å². The molecule has 3 aromatic carbocycles. The van der Waals surface area contributed by atoms with Gasteiger partial charge in [-0.1, -0.05) is 54.6 Å². The zero-order valence-electron chi connectivity index (χ0n) is 18.2. The van der Waals surface area contributed by atoms with E-state index < -0.39 is 0 Å². The molecule has 0 saturated carbocycles. The summed E-state index contributed by atoms with van der Waals surface area (Å²) < 4.78 is 5.26. The lowest BCUT2D eigenvalue weighted by Gasteiger charge is -2.11. The normalized spacial score (nSPS) is 10.5. The van der Waals surface area contributed by atoms with Crippen LogP contribution in [0.1, 0.15) is 17.5 Å². The number of hydrogen-bond donors (Lipinski definition) is 3. The molecule has 33 heavy (non-hydrogen) atoms. The molecule has 0 heterocycles. The van der Waals surface area contributed by atoms with E-state index >= 15 is 0 Å². The Kier molecular flexibility index (Phi) is 8.73. The van der Waals surface area contributed by atoms with E-state index in [0.29, 0.717) is 30.0 Å². The Hall–Kier alpha value is -3.97. The van der Waals surface area contributed by atoms with E-state index in [2.05, 4.69) is 16.0 Å². The monoisotopic (exact) mass is 459 g/mol. The molecule has 0 unspecified atom stereocenters. The number of benzene rings is 3. The van der Waals surface area contributed by atoms with Gasteiger partial charge in [-0.3, -0.25) is 14.9 Å². The number of hydrogen-bond acceptors (Lipinski definition) is 4. The number of nitrogens with one attached hydrogen (secondary N) is 3. The number of rotatable bonds is 8. The van der Waals surface area contributed by atoms with Crippen molar-refractivity contribution in [3.8, 4) is 5.75 Å². The highest BCUT2D eigenvalue weighted by Crippen LogP contribution is 2.18. The molecule has 168 valence electrons. The van der Waals surface area contributed by atoms with Crippen molar-refractivity contribution in [1.29, 1.82) is 0 Å². The predicted octanol–water partition coefficient (Wildman–Crippen LogP) is 4.79. The van der Waals surface area contributed by atoms with Crippen LogP contribution in [0.4, 0.5) is 11.4 Å². The van der Waals surface area contributed by atoms with E-state index in [1.165, 1.54) is 6.08 Å². The van der Waals surface area contributed by atoms with Gasteiger partial charge in [0, 0.05) is 29.4 Å². The van der Waals surface area contributed by atoms with Crippen molar-refractivity contribution < 1.29 is 14.3 Å². The van der Waals surface area contributed by atoms with Crippen molar-refractivity contribution in [3.63, 3.8) is 0 Å². The molecule has 0 aromatic heterocycles. The van der Waals surface area contributed by atoms with Crippen molar-refractivity contribution in [2.24, 2.45) is 0 Å². The number of aryl methyl sites for hydroxylation is 1. The van der Waals surface area contributed by atoms with Crippen LogP contribution in [0.5, 0.6) is 5.75 Å². The van der Waals surface area contributed by atoms with Gasteiger partial charge in [-0.15, -0.1) is 0 Å². The van der Waals surface area contributed by atoms with Crippen LogP contribution in [-0.4, -0.2) is 24.0 Å². The molecule has 0 aliphatic rings.